The van der Waals surface area contributed by atoms with E-state index >= 15 is 0 Å². The summed E-state index contributed by atoms with van der Waals surface area (Å²) < 4.78 is 5.64. The first-order valence-corrected chi connectivity index (χ1v) is 8.15. The van der Waals surface area contributed by atoms with E-state index in [2.05, 4.69) is 12.2 Å². The van der Waals surface area contributed by atoms with E-state index in [-0.39, 0.29) is 11.9 Å². The zero-order valence-electron chi connectivity index (χ0n) is 12.4. The van der Waals surface area contributed by atoms with Gasteiger partial charge in [-0.1, -0.05) is 43.0 Å². The van der Waals surface area contributed by atoms with Crippen LogP contribution >= 0.6 is 23.2 Å². The Hall–Kier alpha value is -0.930. The number of hydrogen-bond acceptors (Lipinski definition) is 2. The van der Waals surface area contributed by atoms with Gasteiger partial charge in [0.05, 0.1) is 5.02 Å². The molecule has 0 saturated heterocycles. The fourth-order valence-corrected chi connectivity index (χ4v) is 3.10. The van der Waals surface area contributed by atoms with Crippen LogP contribution in [0.25, 0.3) is 0 Å². The van der Waals surface area contributed by atoms with E-state index in [9.17, 15) is 4.79 Å². The Balaban J connectivity index is 1.92. The van der Waals surface area contributed by atoms with Crippen molar-refractivity contribution < 1.29 is 9.53 Å². The lowest BCUT2D eigenvalue weighted by atomic mass is 9.86. The second kappa shape index (κ2) is 7.37. The van der Waals surface area contributed by atoms with Crippen LogP contribution in [0.3, 0.4) is 0 Å². The zero-order chi connectivity index (χ0) is 15.4. The highest BCUT2D eigenvalue weighted by Gasteiger charge is 2.25. The molecule has 1 aliphatic carbocycles. The molecular formula is C16H21Cl2NO2. The summed E-state index contributed by atoms with van der Waals surface area (Å²) in [5, 5.41) is 4.04. The van der Waals surface area contributed by atoms with E-state index in [0.29, 0.717) is 21.7 Å². The van der Waals surface area contributed by atoms with Gasteiger partial charge in [0.15, 0.2) is 6.10 Å². The minimum absolute atomic E-state index is 0.0974. The van der Waals surface area contributed by atoms with Crippen molar-refractivity contribution in [3.63, 3.8) is 0 Å². The summed E-state index contributed by atoms with van der Waals surface area (Å²) in [6.07, 6.45) is 4.05. The highest BCUT2D eigenvalue weighted by atomic mass is 35.5. The van der Waals surface area contributed by atoms with Crippen molar-refractivity contribution in [2.24, 2.45) is 5.92 Å². The first-order valence-electron chi connectivity index (χ1n) is 7.39. The van der Waals surface area contributed by atoms with Gasteiger partial charge in [-0.2, -0.15) is 0 Å². The molecule has 1 aliphatic rings. The molecule has 1 N–H and O–H groups in total. The number of amides is 1. The van der Waals surface area contributed by atoms with E-state index in [4.69, 9.17) is 27.9 Å². The van der Waals surface area contributed by atoms with Crippen molar-refractivity contribution in [1.82, 2.24) is 5.32 Å². The summed E-state index contributed by atoms with van der Waals surface area (Å²) in [7, 11) is 0. The average Bonchev–Trinajstić information content (AvgIpc) is 2.44. The van der Waals surface area contributed by atoms with Gasteiger partial charge in [-0.15, -0.1) is 0 Å². The number of halogens is 2. The van der Waals surface area contributed by atoms with E-state index in [1.54, 1.807) is 25.1 Å². The molecule has 0 aromatic heterocycles. The van der Waals surface area contributed by atoms with Gasteiger partial charge in [-0.3, -0.25) is 4.79 Å². The molecule has 0 aliphatic heterocycles. The molecule has 1 amide bonds. The highest BCUT2D eigenvalue weighted by molar-refractivity contribution is 6.35. The van der Waals surface area contributed by atoms with E-state index in [1.165, 1.54) is 19.3 Å². The lowest BCUT2D eigenvalue weighted by Gasteiger charge is -2.30. The van der Waals surface area contributed by atoms with Crippen molar-refractivity contribution in [2.75, 3.05) is 0 Å². The van der Waals surface area contributed by atoms with E-state index in [0.717, 1.165) is 6.42 Å². The van der Waals surface area contributed by atoms with Gasteiger partial charge in [0.1, 0.15) is 5.75 Å². The second-order valence-corrected chi connectivity index (χ2v) is 6.56. The van der Waals surface area contributed by atoms with E-state index in [1.807, 2.05) is 0 Å². The molecule has 0 bridgehead atoms. The summed E-state index contributed by atoms with van der Waals surface area (Å²) in [6, 6.07) is 5.22. The van der Waals surface area contributed by atoms with Gasteiger partial charge >= 0.3 is 0 Å². The number of hydrogen-bond donors (Lipinski definition) is 1. The first-order chi connectivity index (χ1) is 9.97. The Morgan fingerprint density at radius 2 is 2.05 bits per heavy atom. The molecule has 1 fully saturated rings. The third kappa shape index (κ3) is 4.52. The molecule has 116 valence electrons. The fourth-order valence-electron chi connectivity index (χ4n) is 2.65. The van der Waals surface area contributed by atoms with Crippen LogP contribution < -0.4 is 10.1 Å². The molecule has 0 spiro atoms. The molecule has 5 heteroatoms. The van der Waals surface area contributed by atoms with Crippen molar-refractivity contribution in [1.29, 1.82) is 0 Å². The third-order valence-electron chi connectivity index (χ3n) is 4.01. The smallest absolute Gasteiger partial charge is 0.261 e. The average molecular weight is 330 g/mol. The van der Waals surface area contributed by atoms with Crippen LogP contribution in [0.2, 0.25) is 10.0 Å². The number of ether oxygens (including phenoxy) is 1. The van der Waals surface area contributed by atoms with Crippen molar-refractivity contribution >= 4 is 29.1 Å². The zero-order valence-corrected chi connectivity index (χ0v) is 13.9. The lowest BCUT2D eigenvalue weighted by molar-refractivity contribution is -0.128. The summed E-state index contributed by atoms with van der Waals surface area (Å²) >= 11 is 11.9. The molecule has 0 unspecified atom stereocenters. The Morgan fingerprint density at radius 1 is 1.33 bits per heavy atom. The van der Waals surface area contributed by atoms with Crippen molar-refractivity contribution in [3.8, 4) is 5.75 Å². The number of rotatable bonds is 4. The monoisotopic (exact) mass is 329 g/mol. The van der Waals surface area contributed by atoms with E-state index < -0.39 is 6.10 Å². The topological polar surface area (TPSA) is 38.3 Å². The number of benzene rings is 1. The third-order valence-corrected chi connectivity index (χ3v) is 4.54. The van der Waals surface area contributed by atoms with Crippen LogP contribution in [0.5, 0.6) is 5.75 Å². The summed E-state index contributed by atoms with van der Waals surface area (Å²) in [5.41, 5.74) is 0. The fraction of sp³-hybridized carbons (Fsp3) is 0.562. The van der Waals surface area contributed by atoms with Crippen molar-refractivity contribution in [2.45, 2.75) is 51.7 Å². The SMILES string of the molecule is C[C@H](Oc1ccc(Cl)cc1Cl)C(=O)N[C@@H]1CCCC[C@@H]1C. The Kier molecular flexibility index (Phi) is 5.77. The van der Waals surface area contributed by atoms with Crippen LogP contribution in [0.1, 0.15) is 39.5 Å². The molecule has 1 aromatic rings. The molecular weight excluding hydrogens is 309 g/mol. The minimum atomic E-state index is -0.585. The van der Waals surface area contributed by atoms with Gasteiger partial charge in [0.25, 0.3) is 5.91 Å². The predicted molar refractivity (Wildman–Crippen MR) is 86.1 cm³/mol. The standard InChI is InChI=1S/C16H21Cl2NO2/c1-10-5-3-4-6-14(10)19-16(20)11(2)21-15-8-7-12(17)9-13(15)18/h7-11,14H,3-6H2,1-2H3,(H,19,20)/t10-,11-,14+/m0/s1. The number of nitrogens with one attached hydrogen (secondary N) is 1. The van der Waals surface area contributed by atoms with Gasteiger partial charge in [0.2, 0.25) is 0 Å². The van der Waals surface area contributed by atoms with Crippen LogP contribution in [0.15, 0.2) is 18.2 Å². The van der Waals surface area contributed by atoms with Crippen LogP contribution in [-0.2, 0) is 4.79 Å². The molecule has 21 heavy (non-hydrogen) atoms. The first kappa shape index (κ1) is 16.4. The largest absolute Gasteiger partial charge is 0.479 e. The van der Waals surface area contributed by atoms with Gasteiger partial charge in [0, 0.05) is 11.1 Å². The van der Waals surface area contributed by atoms with Crippen LogP contribution in [-0.4, -0.2) is 18.1 Å². The van der Waals surface area contributed by atoms with Gasteiger partial charge in [-0.25, -0.2) is 0 Å². The normalized spacial score (nSPS) is 23.4. The highest BCUT2D eigenvalue weighted by Crippen LogP contribution is 2.28. The lowest BCUT2D eigenvalue weighted by Crippen LogP contribution is -2.46. The quantitative estimate of drug-likeness (QED) is 0.885. The Bertz CT molecular complexity index is 507. The maximum absolute atomic E-state index is 12.2. The number of carbonyl (C=O) groups is 1. The van der Waals surface area contributed by atoms with Gasteiger partial charge < -0.3 is 10.1 Å². The molecule has 3 nitrogen and oxygen atoms in total. The molecule has 3 atom stereocenters. The van der Waals surface area contributed by atoms with Crippen LogP contribution in [0.4, 0.5) is 0 Å². The molecule has 1 aromatic carbocycles. The molecule has 0 heterocycles. The minimum Gasteiger partial charge on any atom is -0.479 e. The molecule has 2 rings (SSSR count). The molecule has 1 saturated carbocycles. The van der Waals surface area contributed by atoms with Gasteiger partial charge in [-0.05, 0) is 43.9 Å². The summed E-state index contributed by atoms with van der Waals surface area (Å²) in [5.74, 6) is 0.897. The maximum atomic E-state index is 12.2. The predicted octanol–water partition coefficient (Wildman–Crippen LogP) is 4.46. The number of carbonyl (C=O) groups excluding carboxylic acids is 1. The second-order valence-electron chi connectivity index (χ2n) is 5.71. The van der Waals surface area contributed by atoms with Crippen LogP contribution in [0, 0.1) is 5.92 Å². The molecule has 0 radical (unpaired) electrons. The summed E-state index contributed by atoms with van der Waals surface area (Å²) in [6.45, 7) is 3.92. The Labute approximate surface area is 136 Å². The van der Waals surface area contributed by atoms with Crippen molar-refractivity contribution in [3.05, 3.63) is 28.2 Å². The Morgan fingerprint density at radius 3 is 2.71 bits per heavy atom. The summed E-state index contributed by atoms with van der Waals surface area (Å²) in [4.78, 5) is 12.2. The maximum Gasteiger partial charge on any atom is 0.261 e.